The maximum atomic E-state index is 12.4. The molecule has 0 aliphatic heterocycles. The number of carboxylic acid groups (broad SMARTS) is 1. The van der Waals surface area contributed by atoms with Gasteiger partial charge in [-0.1, -0.05) is 271 Å². The molecular formula is C82H107BrClFO8. The summed E-state index contributed by atoms with van der Waals surface area (Å²) in [6.07, 6.45) is 0. The number of esters is 1. The highest BCUT2D eigenvalue weighted by molar-refractivity contribution is 9.10. The molecule has 0 amide bonds. The largest absolute Gasteiger partial charge is 0.486 e. The van der Waals surface area contributed by atoms with E-state index in [1.807, 2.05) is 84.9 Å². The lowest BCUT2D eigenvalue weighted by Gasteiger charge is -2.08. The van der Waals surface area contributed by atoms with Gasteiger partial charge in [0.2, 0.25) is 0 Å². The second kappa shape index (κ2) is 46.5. The van der Waals surface area contributed by atoms with Crippen LogP contribution in [0.4, 0.5) is 4.39 Å². The van der Waals surface area contributed by atoms with E-state index in [1.54, 1.807) is 6.07 Å². The van der Waals surface area contributed by atoms with Gasteiger partial charge < -0.3 is 24.1 Å². The van der Waals surface area contributed by atoms with Gasteiger partial charge in [0.25, 0.3) is 0 Å². The highest BCUT2D eigenvalue weighted by Gasteiger charge is 2.07. The summed E-state index contributed by atoms with van der Waals surface area (Å²) < 4.78 is 33.6. The van der Waals surface area contributed by atoms with Crippen molar-refractivity contribution < 1.29 is 42.8 Å². The van der Waals surface area contributed by atoms with Gasteiger partial charge in [0.15, 0.2) is 19.0 Å². The summed E-state index contributed by atoms with van der Waals surface area (Å²) in [6.45, 7) is 40.0. The van der Waals surface area contributed by atoms with Crippen molar-refractivity contribution in [3.05, 3.63) is 265 Å². The smallest absolute Gasteiger partial charge is 0.343 e. The second-order valence-electron chi connectivity index (χ2n) is 25.0. The molecule has 0 saturated heterocycles. The Balaban J connectivity index is 0.000000534. The molecule has 1 N–H and O–H groups in total. The predicted molar refractivity (Wildman–Crippen MR) is 393 cm³/mol. The molecule has 8 aromatic rings. The van der Waals surface area contributed by atoms with Crippen LogP contribution in [0.5, 0.6) is 17.2 Å². The van der Waals surface area contributed by atoms with Crippen molar-refractivity contribution in [2.24, 2.45) is 0 Å². The van der Waals surface area contributed by atoms with E-state index in [2.05, 4.69) is 236 Å². The van der Waals surface area contributed by atoms with Crippen LogP contribution < -0.4 is 14.2 Å². The number of Topliss-reactive ketones (excluding diaryl/α,β-unsaturated/α-hetero) is 1. The number of methoxy groups -OCH3 is 1. The number of hydrogen-bond donors (Lipinski definition) is 1. The lowest BCUT2D eigenvalue weighted by atomic mass is 10.0. The molecule has 0 saturated carbocycles. The van der Waals surface area contributed by atoms with Crippen LogP contribution in [0.2, 0.25) is 5.02 Å². The summed E-state index contributed by atoms with van der Waals surface area (Å²) in [5.74, 6) is 5.00. The first-order chi connectivity index (χ1) is 43.8. The molecule has 0 atom stereocenters. The third-order valence-corrected chi connectivity index (χ3v) is 14.8. The summed E-state index contributed by atoms with van der Waals surface area (Å²) >= 11 is 9.11. The molecule has 0 heterocycles. The zero-order chi connectivity index (χ0) is 70.2. The summed E-state index contributed by atoms with van der Waals surface area (Å²) in [5.41, 5.74) is 13.0. The minimum absolute atomic E-state index is 0.0416. The van der Waals surface area contributed by atoms with Gasteiger partial charge in [-0.2, -0.15) is 0 Å². The molecule has 11 heteroatoms. The van der Waals surface area contributed by atoms with Crippen LogP contribution in [-0.2, 0) is 19.1 Å². The van der Waals surface area contributed by atoms with Crippen LogP contribution in [0, 0.1) is 19.7 Å². The molecule has 0 aliphatic rings. The van der Waals surface area contributed by atoms with Crippen LogP contribution in [0.1, 0.15) is 221 Å². The molecule has 8 nitrogen and oxygen atoms in total. The minimum Gasteiger partial charge on any atom is -0.486 e. The quantitative estimate of drug-likeness (QED) is 0.0898. The molecule has 8 rings (SSSR count). The van der Waals surface area contributed by atoms with Gasteiger partial charge in [0, 0.05) is 9.50 Å². The van der Waals surface area contributed by atoms with Gasteiger partial charge in [-0.25, -0.2) is 14.0 Å². The number of rotatable bonds is 17. The number of halogens is 3. The maximum absolute atomic E-state index is 12.4. The van der Waals surface area contributed by atoms with Crippen LogP contribution in [-0.4, -0.2) is 49.8 Å². The fraction of sp³-hybridized carbons (Fsp3) is 0.378. The Bertz CT molecular complexity index is 3100. The third-order valence-electron chi connectivity index (χ3n) is 14.0. The Labute approximate surface area is 572 Å². The monoisotopic (exact) mass is 1350 g/mol. The van der Waals surface area contributed by atoms with Crippen LogP contribution in [0.3, 0.4) is 0 Å². The molecule has 0 bridgehead atoms. The Hall–Kier alpha value is -7.53. The van der Waals surface area contributed by atoms with Crippen LogP contribution in [0.25, 0.3) is 0 Å². The van der Waals surface area contributed by atoms with Crippen molar-refractivity contribution in [3.8, 4) is 17.2 Å². The van der Waals surface area contributed by atoms with E-state index in [4.69, 9.17) is 30.9 Å². The first-order valence-electron chi connectivity index (χ1n) is 32.2. The van der Waals surface area contributed by atoms with Gasteiger partial charge in [0.05, 0.1) is 7.11 Å². The van der Waals surface area contributed by atoms with Crippen LogP contribution >= 0.6 is 27.5 Å². The fourth-order valence-corrected chi connectivity index (χ4v) is 8.41. The summed E-state index contributed by atoms with van der Waals surface area (Å²) in [4.78, 5) is 31.8. The van der Waals surface area contributed by atoms with Crippen molar-refractivity contribution in [1.82, 2.24) is 0 Å². The number of hydrogen-bond acceptors (Lipinski definition) is 7. The zero-order valence-electron chi connectivity index (χ0n) is 59.2. The van der Waals surface area contributed by atoms with Crippen molar-refractivity contribution in [2.45, 2.75) is 179 Å². The van der Waals surface area contributed by atoms with Crippen molar-refractivity contribution in [2.75, 3.05) is 26.9 Å². The molecule has 0 spiro atoms. The first-order valence-corrected chi connectivity index (χ1v) is 33.3. The minimum atomic E-state index is -0.958. The number of carbonyl (C=O) groups is 3. The number of ketones is 1. The molecule has 8 aromatic carbocycles. The number of carbonyl (C=O) groups excluding carboxylic acids is 2. The van der Waals surface area contributed by atoms with E-state index >= 15 is 0 Å². The highest BCUT2D eigenvalue weighted by Crippen LogP contribution is 2.24. The molecule has 0 aliphatic carbocycles. The molecule has 93 heavy (non-hydrogen) atoms. The fourth-order valence-electron chi connectivity index (χ4n) is 8.02. The highest BCUT2D eigenvalue weighted by atomic mass is 79.9. The van der Waals surface area contributed by atoms with E-state index in [-0.39, 0.29) is 37.4 Å². The number of benzene rings is 8. The normalized spacial score (nSPS) is 10.3. The Morgan fingerprint density at radius 2 is 0.677 bits per heavy atom. The lowest BCUT2D eigenvalue weighted by Crippen LogP contribution is -2.12. The molecule has 0 unspecified atom stereocenters. The molecule has 0 fully saturated rings. The Morgan fingerprint density at radius 1 is 0.398 bits per heavy atom. The zero-order valence-corrected chi connectivity index (χ0v) is 61.5. The van der Waals surface area contributed by atoms with E-state index in [1.165, 1.54) is 76.2 Å². The average molecular weight is 1360 g/mol. The number of ether oxygens (including phenoxy) is 4. The summed E-state index contributed by atoms with van der Waals surface area (Å²) in [5, 5.41) is 9.24. The van der Waals surface area contributed by atoms with Gasteiger partial charge in [-0.3, -0.25) is 4.79 Å². The number of aliphatic carboxylic acids is 1. The lowest BCUT2D eigenvalue weighted by molar-refractivity contribution is -0.143. The van der Waals surface area contributed by atoms with E-state index in [0.717, 1.165) is 20.8 Å². The Morgan fingerprint density at radius 3 is 0.957 bits per heavy atom. The second-order valence-corrected chi connectivity index (χ2v) is 26.3. The SMILES string of the molecule is CC(=O)COc1cccc(C(C)C)c1.CC(C)c1ccc(Br)cc1.CC(C)c1ccc(Cl)cc1.CC(C)c1ccc(F)cc1.CC(C)c1cccc(OCC(=O)O)c1.COC(=O)COc1cccc(C(C)C)c1.Cc1cccc(C(C)C)c1.Cc1cccc(C(C)C)c1. The number of carboxylic acids is 1. The predicted octanol–water partition coefficient (Wildman–Crippen LogP) is 23.6. The average Bonchev–Trinajstić information content (AvgIpc) is 2.61. The standard InChI is InChI=1S/C12H16O3.C12H16O2.C11H14O3.2C10H14.C9H11Br.C9H11Cl.C9H11F/c1-9(2)10-5-4-6-11(7-10)15-8-12(13)14-3;1-9(2)11-5-4-6-12(7-11)14-8-10(3)13;1-8(2)9-4-3-5-10(6-9)14-7-11(12)13;2*1-8(2)10-6-4-5-9(3)7-10;3*1-7(2)8-3-5-9(10)6-4-8/h4-7,9H,8H2,1-3H3;4-7,9H,8H2,1-3H3;3-6,8H,7H2,1-2H3,(H,12,13);2*4-8H,1-3H3;3*3-7H,1-2H3. The topological polar surface area (TPSA) is 108 Å². The summed E-state index contributed by atoms with van der Waals surface area (Å²) in [6, 6.07) is 63.5. The van der Waals surface area contributed by atoms with Crippen molar-refractivity contribution in [3.63, 3.8) is 0 Å². The summed E-state index contributed by atoms with van der Waals surface area (Å²) in [7, 11) is 1.34. The van der Waals surface area contributed by atoms with Gasteiger partial charge in [-0.15, -0.1) is 0 Å². The van der Waals surface area contributed by atoms with Crippen molar-refractivity contribution >= 4 is 45.3 Å². The Kier molecular flexibility index (Phi) is 41.8. The van der Waals surface area contributed by atoms with Gasteiger partial charge in [-0.05, 0) is 185 Å². The van der Waals surface area contributed by atoms with E-state index in [0.29, 0.717) is 58.8 Å². The van der Waals surface area contributed by atoms with E-state index < -0.39 is 5.97 Å². The van der Waals surface area contributed by atoms with E-state index in [9.17, 15) is 18.8 Å². The molecular weight excluding hydrogens is 1250 g/mol. The van der Waals surface area contributed by atoms with Crippen LogP contribution in [0.15, 0.2) is 199 Å². The molecule has 504 valence electrons. The maximum Gasteiger partial charge on any atom is 0.343 e. The van der Waals surface area contributed by atoms with Gasteiger partial charge in [0.1, 0.15) is 29.7 Å². The molecule has 0 aromatic heterocycles. The van der Waals surface area contributed by atoms with Crippen molar-refractivity contribution in [1.29, 1.82) is 0 Å². The number of aryl methyl sites for hydroxylation is 2. The molecule has 0 radical (unpaired) electrons. The first kappa shape index (κ1) is 83.5. The third kappa shape index (κ3) is 38.9. The van der Waals surface area contributed by atoms with Gasteiger partial charge >= 0.3 is 11.9 Å².